The van der Waals surface area contributed by atoms with Crippen molar-refractivity contribution >= 4 is 16.9 Å². The lowest BCUT2D eigenvalue weighted by Gasteiger charge is -2.10. The molecule has 1 aromatic carbocycles. The number of benzene rings is 1. The highest BCUT2D eigenvalue weighted by Crippen LogP contribution is 2.12. The van der Waals surface area contributed by atoms with E-state index in [1.54, 1.807) is 0 Å². The number of rotatable bonds is 7. The molecule has 0 aliphatic carbocycles. The summed E-state index contributed by atoms with van der Waals surface area (Å²) in [5, 5.41) is 3.01. The Balaban J connectivity index is 1.39. The minimum absolute atomic E-state index is 0.0840. The molecule has 1 saturated heterocycles. The number of amides is 1. The Kier molecular flexibility index (Phi) is 5.25. The normalized spacial score (nSPS) is 20.9. The van der Waals surface area contributed by atoms with Crippen LogP contribution in [0.4, 0.5) is 0 Å². The zero-order valence-corrected chi connectivity index (χ0v) is 13.6. The molecule has 1 aromatic heterocycles. The molecule has 1 aliphatic heterocycles. The van der Waals surface area contributed by atoms with Gasteiger partial charge in [-0.25, -0.2) is 10.4 Å². The number of hydrogen-bond acceptors (Lipinski definition) is 4. The molecule has 0 bridgehead atoms. The number of aromatic amines is 1. The summed E-state index contributed by atoms with van der Waals surface area (Å²) in [6, 6.07) is 8.31. The van der Waals surface area contributed by atoms with E-state index < -0.39 is 0 Å². The monoisotopic (exact) mass is 315 g/mol. The van der Waals surface area contributed by atoms with Crippen molar-refractivity contribution in [1.82, 2.24) is 26.1 Å². The first-order valence-electron chi connectivity index (χ1n) is 8.48. The number of aromatic nitrogens is 2. The first-order chi connectivity index (χ1) is 11.3. The highest BCUT2D eigenvalue weighted by atomic mass is 16.2. The van der Waals surface area contributed by atoms with Crippen LogP contribution < -0.4 is 16.2 Å². The van der Waals surface area contributed by atoms with Crippen molar-refractivity contribution in [1.29, 1.82) is 0 Å². The molecule has 4 N–H and O–H groups in total. The predicted molar refractivity (Wildman–Crippen MR) is 90.8 cm³/mol. The number of para-hydroxylation sites is 2. The van der Waals surface area contributed by atoms with Crippen LogP contribution in [-0.2, 0) is 11.2 Å². The topological polar surface area (TPSA) is 81.8 Å². The van der Waals surface area contributed by atoms with E-state index in [0.717, 1.165) is 49.0 Å². The molecule has 3 rings (SSSR count). The van der Waals surface area contributed by atoms with E-state index in [4.69, 9.17) is 0 Å². The van der Waals surface area contributed by atoms with Crippen molar-refractivity contribution in [3.05, 3.63) is 30.1 Å². The molecule has 0 radical (unpaired) electrons. The smallest absolute Gasteiger partial charge is 0.238 e. The molecular weight excluding hydrogens is 290 g/mol. The summed E-state index contributed by atoms with van der Waals surface area (Å²) in [6.07, 6.45) is 4.81. The Morgan fingerprint density at radius 3 is 3.04 bits per heavy atom. The van der Waals surface area contributed by atoms with E-state index in [2.05, 4.69) is 33.1 Å². The number of carbonyl (C=O) groups is 1. The van der Waals surface area contributed by atoms with Crippen LogP contribution in [0.3, 0.4) is 0 Å². The van der Waals surface area contributed by atoms with Crippen molar-refractivity contribution in [2.75, 3.05) is 6.54 Å². The average molecular weight is 315 g/mol. The molecular formula is C17H25N5O. The molecule has 2 heterocycles. The number of fused-ring (bicyclic) bond motifs is 1. The van der Waals surface area contributed by atoms with E-state index >= 15 is 0 Å². The van der Waals surface area contributed by atoms with Gasteiger partial charge in [0.1, 0.15) is 11.9 Å². The maximum atomic E-state index is 12.1. The largest absolute Gasteiger partial charge is 0.355 e. The summed E-state index contributed by atoms with van der Waals surface area (Å²) in [5.41, 5.74) is 8.34. The van der Waals surface area contributed by atoms with Crippen LogP contribution in [0.5, 0.6) is 0 Å². The molecule has 2 aromatic rings. The van der Waals surface area contributed by atoms with Gasteiger partial charge in [0.15, 0.2) is 0 Å². The van der Waals surface area contributed by atoms with Gasteiger partial charge in [0.2, 0.25) is 5.91 Å². The number of hydrazine groups is 1. The van der Waals surface area contributed by atoms with Crippen LogP contribution in [0.2, 0.25) is 0 Å². The van der Waals surface area contributed by atoms with Crippen LogP contribution >= 0.6 is 0 Å². The van der Waals surface area contributed by atoms with Gasteiger partial charge in [0, 0.05) is 19.0 Å². The molecule has 23 heavy (non-hydrogen) atoms. The minimum atomic E-state index is -0.113. The van der Waals surface area contributed by atoms with E-state index in [0.29, 0.717) is 12.6 Å². The Labute approximate surface area is 136 Å². The number of imidazole rings is 1. The summed E-state index contributed by atoms with van der Waals surface area (Å²) in [6.45, 7) is 2.83. The van der Waals surface area contributed by atoms with Crippen LogP contribution in [0.15, 0.2) is 24.3 Å². The van der Waals surface area contributed by atoms with Crippen molar-refractivity contribution < 1.29 is 4.79 Å². The zero-order valence-electron chi connectivity index (χ0n) is 13.6. The first-order valence-corrected chi connectivity index (χ1v) is 8.48. The maximum absolute atomic E-state index is 12.1. The lowest BCUT2D eigenvalue weighted by atomic mass is 10.1. The fraction of sp³-hybridized carbons (Fsp3) is 0.529. The van der Waals surface area contributed by atoms with Gasteiger partial charge in [-0.2, -0.15) is 0 Å². The second-order valence-electron chi connectivity index (χ2n) is 6.16. The number of nitrogens with zero attached hydrogens (tertiary/aromatic N) is 1. The molecule has 1 aliphatic rings. The van der Waals surface area contributed by atoms with Gasteiger partial charge >= 0.3 is 0 Å². The molecule has 0 saturated carbocycles. The number of nitrogens with one attached hydrogen (secondary N) is 4. The molecule has 0 spiro atoms. The highest BCUT2D eigenvalue weighted by Gasteiger charge is 2.28. The van der Waals surface area contributed by atoms with E-state index in [9.17, 15) is 4.79 Å². The summed E-state index contributed by atoms with van der Waals surface area (Å²) in [4.78, 5) is 20.0. The van der Waals surface area contributed by atoms with Gasteiger partial charge in [0.05, 0.1) is 11.0 Å². The van der Waals surface area contributed by atoms with Gasteiger partial charge in [-0.05, 0) is 31.4 Å². The van der Waals surface area contributed by atoms with Crippen molar-refractivity contribution in [2.45, 2.75) is 51.1 Å². The molecule has 6 heteroatoms. The van der Waals surface area contributed by atoms with E-state index in [-0.39, 0.29) is 11.9 Å². The third kappa shape index (κ3) is 4.09. The van der Waals surface area contributed by atoms with Crippen LogP contribution in [0, 0.1) is 0 Å². The summed E-state index contributed by atoms with van der Waals surface area (Å²) in [7, 11) is 0. The number of carbonyl (C=O) groups excluding carboxylic acids is 1. The second kappa shape index (κ2) is 7.57. The van der Waals surface area contributed by atoms with Crippen LogP contribution in [-0.4, -0.2) is 34.5 Å². The molecule has 6 nitrogen and oxygen atoms in total. The predicted octanol–water partition coefficient (Wildman–Crippen LogP) is 1.65. The maximum Gasteiger partial charge on any atom is 0.238 e. The standard InChI is InChI=1S/C17H25N5O/c1-2-6-12-11-15(22-21-12)17(23)18-10-5-9-16-19-13-7-3-4-8-14(13)20-16/h3-4,7-8,12,15,21-22H,2,5-6,9-11H2,1H3,(H,18,23)(H,19,20). The fourth-order valence-corrected chi connectivity index (χ4v) is 3.05. The van der Waals surface area contributed by atoms with Crippen molar-refractivity contribution in [3.8, 4) is 0 Å². The highest BCUT2D eigenvalue weighted by molar-refractivity contribution is 5.82. The third-order valence-electron chi connectivity index (χ3n) is 4.26. The third-order valence-corrected chi connectivity index (χ3v) is 4.26. The molecule has 1 amide bonds. The van der Waals surface area contributed by atoms with Gasteiger partial charge in [-0.3, -0.25) is 10.2 Å². The van der Waals surface area contributed by atoms with Gasteiger partial charge < -0.3 is 10.3 Å². The molecule has 1 fully saturated rings. The summed E-state index contributed by atoms with van der Waals surface area (Å²) < 4.78 is 0. The van der Waals surface area contributed by atoms with Gasteiger partial charge in [-0.1, -0.05) is 25.5 Å². The molecule has 124 valence electrons. The summed E-state index contributed by atoms with van der Waals surface area (Å²) in [5.74, 6) is 1.06. The van der Waals surface area contributed by atoms with E-state index in [1.807, 2.05) is 24.3 Å². The lowest BCUT2D eigenvalue weighted by Crippen LogP contribution is -2.43. The number of H-pyrrole nitrogens is 1. The van der Waals surface area contributed by atoms with Crippen LogP contribution in [0.25, 0.3) is 11.0 Å². The lowest BCUT2D eigenvalue weighted by molar-refractivity contribution is -0.122. The average Bonchev–Trinajstić information content (AvgIpc) is 3.18. The SMILES string of the molecule is CCCC1CC(C(=O)NCCCc2nc3ccccc3[nH]2)NN1. The Hall–Kier alpha value is -1.92. The van der Waals surface area contributed by atoms with Gasteiger partial charge in [0.25, 0.3) is 0 Å². The molecule has 2 unspecified atom stereocenters. The van der Waals surface area contributed by atoms with Gasteiger partial charge in [-0.15, -0.1) is 0 Å². The van der Waals surface area contributed by atoms with Crippen molar-refractivity contribution in [2.24, 2.45) is 0 Å². The number of hydrogen-bond donors (Lipinski definition) is 4. The quantitative estimate of drug-likeness (QED) is 0.586. The van der Waals surface area contributed by atoms with Crippen LogP contribution in [0.1, 0.15) is 38.4 Å². The van der Waals surface area contributed by atoms with E-state index in [1.165, 1.54) is 0 Å². The Morgan fingerprint density at radius 1 is 1.35 bits per heavy atom. The minimum Gasteiger partial charge on any atom is -0.355 e. The first kappa shape index (κ1) is 16.0. The van der Waals surface area contributed by atoms with Crippen molar-refractivity contribution in [3.63, 3.8) is 0 Å². The zero-order chi connectivity index (χ0) is 16.1. The Morgan fingerprint density at radius 2 is 2.22 bits per heavy atom. The fourth-order valence-electron chi connectivity index (χ4n) is 3.05. The number of aryl methyl sites for hydroxylation is 1. The second-order valence-corrected chi connectivity index (χ2v) is 6.16. The molecule has 2 atom stereocenters. The summed E-state index contributed by atoms with van der Waals surface area (Å²) >= 11 is 0. The Bertz CT molecular complexity index is 620.